The number of carbonyl (C=O) groups excluding carboxylic acids is 1. The summed E-state index contributed by atoms with van der Waals surface area (Å²) in [7, 11) is 0. The number of aryl methyl sites for hydroxylation is 3. The summed E-state index contributed by atoms with van der Waals surface area (Å²) < 4.78 is 6.96. The van der Waals surface area contributed by atoms with Crippen molar-refractivity contribution in [3.8, 4) is 5.69 Å². The van der Waals surface area contributed by atoms with Crippen molar-refractivity contribution in [2.75, 3.05) is 5.32 Å². The SMILES string of the molecule is Cc1cc(C)cc(-n2ccnc2SC(C)C(=O)Nc2cc(C)on2)c1. The first kappa shape index (κ1) is 17.3. The molecule has 0 bridgehead atoms. The van der Waals surface area contributed by atoms with E-state index in [1.54, 1.807) is 19.2 Å². The number of rotatable bonds is 5. The predicted octanol–water partition coefficient (Wildman–Crippen LogP) is 3.90. The Kier molecular flexibility index (Phi) is 4.94. The lowest BCUT2D eigenvalue weighted by Gasteiger charge is -2.13. The maximum Gasteiger partial charge on any atom is 0.238 e. The molecule has 7 heteroatoms. The molecule has 0 fully saturated rings. The summed E-state index contributed by atoms with van der Waals surface area (Å²) in [6, 6.07) is 8.01. The fourth-order valence-corrected chi connectivity index (χ4v) is 3.41. The van der Waals surface area contributed by atoms with Crippen LogP contribution in [0.5, 0.6) is 0 Å². The van der Waals surface area contributed by atoms with Gasteiger partial charge in [-0.2, -0.15) is 0 Å². The van der Waals surface area contributed by atoms with Crippen LogP contribution in [0.1, 0.15) is 23.8 Å². The minimum absolute atomic E-state index is 0.145. The molecule has 3 aromatic rings. The van der Waals surface area contributed by atoms with Crippen LogP contribution in [0.4, 0.5) is 5.82 Å². The van der Waals surface area contributed by atoms with Gasteiger partial charge in [-0.1, -0.05) is 23.0 Å². The van der Waals surface area contributed by atoms with E-state index >= 15 is 0 Å². The zero-order valence-electron chi connectivity index (χ0n) is 14.6. The number of imidazole rings is 1. The van der Waals surface area contributed by atoms with E-state index in [9.17, 15) is 4.79 Å². The first-order chi connectivity index (χ1) is 11.9. The van der Waals surface area contributed by atoms with Gasteiger partial charge in [0.2, 0.25) is 5.91 Å². The second-order valence-electron chi connectivity index (χ2n) is 6.00. The van der Waals surface area contributed by atoms with Crippen LogP contribution in [0.3, 0.4) is 0 Å². The lowest BCUT2D eigenvalue weighted by Crippen LogP contribution is -2.23. The van der Waals surface area contributed by atoms with Crippen LogP contribution in [0.2, 0.25) is 0 Å². The molecule has 1 aromatic carbocycles. The Hall–Kier alpha value is -2.54. The van der Waals surface area contributed by atoms with Crippen molar-refractivity contribution < 1.29 is 9.32 Å². The van der Waals surface area contributed by atoms with E-state index in [0.717, 1.165) is 10.8 Å². The molecule has 2 aromatic heterocycles. The first-order valence-electron chi connectivity index (χ1n) is 7.95. The Morgan fingerprint density at radius 1 is 1.20 bits per heavy atom. The van der Waals surface area contributed by atoms with Crippen LogP contribution < -0.4 is 5.32 Å². The van der Waals surface area contributed by atoms with Gasteiger partial charge in [0.1, 0.15) is 5.76 Å². The van der Waals surface area contributed by atoms with E-state index in [1.165, 1.54) is 22.9 Å². The molecule has 1 amide bonds. The van der Waals surface area contributed by atoms with Crippen molar-refractivity contribution >= 4 is 23.5 Å². The monoisotopic (exact) mass is 356 g/mol. The first-order valence-corrected chi connectivity index (χ1v) is 8.83. The third-order valence-electron chi connectivity index (χ3n) is 3.62. The number of hydrogen-bond donors (Lipinski definition) is 1. The third kappa shape index (κ3) is 4.11. The molecule has 0 spiro atoms. The molecule has 1 atom stereocenters. The molecule has 130 valence electrons. The highest BCUT2D eigenvalue weighted by Gasteiger charge is 2.19. The molecule has 1 N–H and O–H groups in total. The number of nitrogens with one attached hydrogen (secondary N) is 1. The van der Waals surface area contributed by atoms with E-state index in [1.807, 2.05) is 17.7 Å². The average molecular weight is 356 g/mol. The highest BCUT2D eigenvalue weighted by molar-refractivity contribution is 8.00. The molecular formula is C18H20N4O2S. The molecule has 0 aliphatic rings. The average Bonchev–Trinajstić information content (AvgIpc) is 3.15. The number of benzene rings is 1. The maximum absolute atomic E-state index is 12.4. The molecule has 0 aliphatic heterocycles. The van der Waals surface area contributed by atoms with Gasteiger partial charge in [0.15, 0.2) is 11.0 Å². The van der Waals surface area contributed by atoms with Gasteiger partial charge in [-0.3, -0.25) is 9.36 Å². The number of thioether (sulfide) groups is 1. The van der Waals surface area contributed by atoms with Crippen molar-refractivity contribution in [3.05, 3.63) is 53.5 Å². The minimum Gasteiger partial charge on any atom is -0.360 e. The highest BCUT2D eigenvalue weighted by Crippen LogP contribution is 2.26. The Morgan fingerprint density at radius 2 is 1.92 bits per heavy atom. The summed E-state index contributed by atoms with van der Waals surface area (Å²) in [5.41, 5.74) is 3.41. The van der Waals surface area contributed by atoms with Gasteiger partial charge in [0.05, 0.1) is 5.25 Å². The van der Waals surface area contributed by atoms with Crippen LogP contribution in [-0.2, 0) is 4.79 Å². The fourth-order valence-electron chi connectivity index (χ4n) is 2.53. The van der Waals surface area contributed by atoms with E-state index in [2.05, 4.69) is 47.5 Å². The Balaban J connectivity index is 1.75. The summed E-state index contributed by atoms with van der Waals surface area (Å²) in [5, 5.41) is 6.97. The summed E-state index contributed by atoms with van der Waals surface area (Å²) in [5.74, 6) is 0.932. The summed E-state index contributed by atoms with van der Waals surface area (Å²) in [4.78, 5) is 16.8. The Bertz CT molecular complexity index is 880. The van der Waals surface area contributed by atoms with Gasteiger partial charge < -0.3 is 9.84 Å². The van der Waals surface area contributed by atoms with Crippen LogP contribution in [0.15, 0.2) is 46.3 Å². The standard InChI is InChI=1S/C18H20N4O2S/c1-11-7-12(2)9-15(8-11)22-6-5-19-18(22)25-14(4)17(23)20-16-10-13(3)24-21-16/h5-10,14H,1-4H3,(H,20,21,23). The van der Waals surface area contributed by atoms with Gasteiger partial charge in [-0.15, -0.1) is 0 Å². The zero-order chi connectivity index (χ0) is 18.0. The fraction of sp³-hybridized carbons (Fsp3) is 0.278. The van der Waals surface area contributed by atoms with Crippen molar-refractivity contribution in [2.45, 2.75) is 38.1 Å². The molecule has 0 saturated heterocycles. The summed E-state index contributed by atoms with van der Waals surface area (Å²) >= 11 is 1.40. The topological polar surface area (TPSA) is 73.0 Å². The van der Waals surface area contributed by atoms with Crippen LogP contribution in [0.25, 0.3) is 5.69 Å². The second-order valence-corrected chi connectivity index (χ2v) is 7.31. The lowest BCUT2D eigenvalue weighted by atomic mass is 10.1. The van der Waals surface area contributed by atoms with Gasteiger partial charge in [0.25, 0.3) is 0 Å². The molecule has 0 aliphatic carbocycles. The zero-order valence-corrected chi connectivity index (χ0v) is 15.4. The van der Waals surface area contributed by atoms with Crippen molar-refractivity contribution in [1.82, 2.24) is 14.7 Å². The quantitative estimate of drug-likeness (QED) is 0.702. The highest BCUT2D eigenvalue weighted by atomic mass is 32.2. The van der Waals surface area contributed by atoms with E-state index in [-0.39, 0.29) is 11.2 Å². The number of carbonyl (C=O) groups is 1. The van der Waals surface area contributed by atoms with Crippen LogP contribution in [-0.4, -0.2) is 25.9 Å². The maximum atomic E-state index is 12.4. The number of hydrogen-bond acceptors (Lipinski definition) is 5. The van der Waals surface area contributed by atoms with Crippen LogP contribution in [0, 0.1) is 20.8 Å². The number of amides is 1. The van der Waals surface area contributed by atoms with Gasteiger partial charge in [0, 0.05) is 24.1 Å². The van der Waals surface area contributed by atoms with Crippen molar-refractivity contribution in [3.63, 3.8) is 0 Å². The number of aromatic nitrogens is 3. The Labute approximate surface area is 150 Å². The van der Waals surface area contributed by atoms with Gasteiger partial charge >= 0.3 is 0 Å². The molecule has 0 saturated carbocycles. The molecule has 1 unspecified atom stereocenters. The normalized spacial score (nSPS) is 12.2. The molecule has 3 rings (SSSR count). The van der Waals surface area contributed by atoms with E-state index in [0.29, 0.717) is 11.6 Å². The van der Waals surface area contributed by atoms with Crippen LogP contribution >= 0.6 is 11.8 Å². The third-order valence-corrected chi connectivity index (χ3v) is 4.70. The van der Waals surface area contributed by atoms with E-state index < -0.39 is 0 Å². The molecule has 25 heavy (non-hydrogen) atoms. The number of nitrogens with zero attached hydrogens (tertiary/aromatic N) is 3. The summed E-state index contributed by atoms with van der Waals surface area (Å²) in [6.07, 6.45) is 3.65. The molecular weight excluding hydrogens is 336 g/mol. The molecule has 6 nitrogen and oxygen atoms in total. The van der Waals surface area contributed by atoms with E-state index in [4.69, 9.17) is 4.52 Å². The smallest absolute Gasteiger partial charge is 0.238 e. The largest absolute Gasteiger partial charge is 0.360 e. The second kappa shape index (κ2) is 7.14. The minimum atomic E-state index is -0.330. The van der Waals surface area contributed by atoms with Crippen molar-refractivity contribution in [1.29, 1.82) is 0 Å². The lowest BCUT2D eigenvalue weighted by molar-refractivity contribution is -0.115. The van der Waals surface area contributed by atoms with Gasteiger partial charge in [-0.25, -0.2) is 4.98 Å². The van der Waals surface area contributed by atoms with Crippen molar-refractivity contribution in [2.24, 2.45) is 0 Å². The number of anilines is 1. The summed E-state index contributed by atoms with van der Waals surface area (Å²) in [6.45, 7) is 7.75. The molecule has 0 radical (unpaired) electrons. The molecule has 2 heterocycles. The van der Waals surface area contributed by atoms with Gasteiger partial charge in [-0.05, 0) is 51.0 Å². The Morgan fingerprint density at radius 3 is 2.56 bits per heavy atom. The predicted molar refractivity (Wildman–Crippen MR) is 98.2 cm³/mol.